The molecule has 1 aliphatic rings. The van der Waals surface area contributed by atoms with E-state index >= 15 is 0 Å². The monoisotopic (exact) mass is 263 g/mol. The van der Waals surface area contributed by atoms with Gasteiger partial charge in [0.2, 0.25) is 0 Å². The van der Waals surface area contributed by atoms with Gasteiger partial charge >= 0.3 is 0 Å². The smallest absolute Gasteiger partial charge is 0.125 e. The van der Waals surface area contributed by atoms with E-state index < -0.39 is 0 Å². The lowest BCUT2D eigenvalue weighted by atomic mass is 10.0. The van der Waals surface area contributed by atoms with Crippen LogP contribution >= 0.6 is 0 Å². The van der Waals surface area contributed by atoms with Crippen LogP contribution in [0, 0.1) is 5.82 Å². The SMILES string of the molecule is CCCn1c(C2COCC2N)nc2ccc(F)cc21. The van der Waals surface area contributed by atoms with Crippen LogP contribution in [-0.2, 0) is 11.3 Å². The fourth-order valence-electron chi connectivity index (χ4n) is 2.69. The van der Waals surface area contributed by atoms with E-state index in [1.54, 1.807) is 12.1 Å². The van der Waals surface area contributed by atoms with Crippen molar-refractivity contribution in [3.63, 3.8) is 0 Å². The van der Waals surface area contributed by atoms with Gasteiger partial charge in [-0.2, -0.15) is 0 Å². The molecule has 3 rings (SSSR count). The maximum Gasteiger partial charge on any atom is 0.125 e. The number of imidazole rings is 1. The van der Waals surface area contributed by atoms with Crippen molar-refractivity contribution in [2.45, 2.75) is 31.8 Å². The van der Waals surface area contributed by atoms with Gasteiger partial charge in [-0.3, -0.25) is 0 Å². The van der Waals surface area contributed by atoms with Crippen LogP contribution in [0.4, 0.5) is 4.39 Å². The summed E-state index contributed by atoms with van der Waals surface area (Å²) < 4.78 is 20.9. The third kappa shape index (κ3) is 2.13. The molecule has 1 aromatic heterocycles. The summed E-state index contributed by atoms with van der Waals surface area (Å²) >= 11 is 0. The molecule has 0 bridgehead atoms. The standard InChI is InChI=1S/C14H18FN3O/c1-2-5-18-13-6-9(15)3-4-12(13)17-14(18)10-7-19-8-11(10)16/h3-4,6,10-11H,2,5,7-8,16H2,1H3. The van der Waals surface area contributed by atoms with Crippen LogP contribution < -0.4 is 5.73 Å². The molecule has 0 radical (unpaired) electrons. The molecule has 0 aliphatic carbocycles. The Kier molecular flexibility index (Phi) is 3.24. The van der Waals surface area contributed by atoms with Gasteiger partial charge in [-0.05, 0) is 24.6 Å². The lowest BCUT2D eigenvalue weighted by Crippen LogP contribution is -2.29. The van der Waals surface area contributed by atoms with Gasteiger partial charge in [0.15, 0.2) is 0 Å². The maximum absolute atomic E-state index is 13.4. The zero-order valence-electron chi connectivity index (χ0n) is 11.0. The van der Waals surface area contributed by atoms with Gasteiger partial charge < -0.3 is 15.0 Å². The molecule has 1 aliphatic heterocycles. The molecule has 4 nitrogen and oxygen atoms in total. The molecule has 2 heterocycles. The topological polar surface area (TPSA) is 53.1 Å². The number of nitrogens with two attached hydrogens (primary N) is 1. The molecule has 0 saturated carbocycles. The molecule has 0 spiro atoms. The molecule has 2 unspecified atom stereocenters. The van der Waals surface area contributed by atoms with Gasteiger partial charge in [-0.1, -0.05) is 6.92 Å². The zero-order valence-corrected chi connectivity index (χ0v) is 11.0. The molecule has 2 aromatic rings. The quantitative estimate of drug-likeness (QED) is 0.921. The average molecular weight is 263 g/mol. The first-order valence-electron chi connectivity index (χ1n) is 6.69. The fourth-order valence-corrected chi connectivity index (χ4v) is 2.69. The minimum Gasteiger partial charge on any atom is -0.379 e. The van der Waals surface area contributed by atoms with Crippen molar-refractivity contribution in [2.75, 3.05) is 13.2 Å². The summed E-state index contributed by atoms with van der Waals surface area (Å²) in [6.07, 6.45) is 0.970. The minimum absolute atomic E-state index is 0.0303. The molecule has 5 heteroatoms. The van der Waals surface area contributed by atoms with Gasteiger partial charge in [0, 0.05) is 12.6 Å². The Balaban J connectivity index is 2.14. The van der Waals surface area contributed by atoms with Crippen molar-refractivity contribution in [1.29, 1.82) is 0 Å². The van der Waals surface area contributed by atoms with E-state index in [1.165, 1.54) is 6.07 Å². The Hall–Kier alpha value is -1.46. The maximum atomic E-state index is 13.4. The van der Waals surface area contributed by atoms with E-state index in [-0.39, 0.29) is 17.8 Å². The molecule has 2 atom stereocenters. The van der Waals surface area contributed by atoms with Gasteiger partial charge in [-0.15, -0.1) is 0 Å². The summed E-state index contributed by atoms with van der Waals surface area (Å²) in [5.41, 5.74) is 7.74. The molecule has 1 fully saturated rings. The van der Waals surface area contributed by atoms with Crippen LogP contribution in [0.25, 0.3) is 11.0 Å². The van der Waals surface area contributed by atoms with Crippen molar-refractivity contribution in [3.8, 4) is 0 Å². The molecular weight excluding hydrogens is 245 g/mol. The number of hydrogen-bond donors (Lipinski definition) is 1. The fraction of sp³-hybridized carbons (Fsp3) is 0.500. The second-order valence-electron chi connectivity index (χ2n) is 5.06. The minimum atomic E-state index is -0.233. The largest absolute Gasteiger partial charge is 0.379 e. The number of halogens is 1. The Morgan fingerprint density at radius 2 is 2.32 bits per heavy atom. The predicted molar refractivity (Wildman–Crippen MR) is 71.5 cm³/mol. The number of fused-ring (bicyclic) bond motifs is 1. The number of rotatable bonds is 3. The highest BCUT2D eigenvalue weighted by Crippen LogP contribution is 2.28. The van der Waals surface area contributed by atoms with E-state index in [1.807, 2.05) is 0 Å². The number of benzene rings is 1. The van der Waals surface area contributed by atoms with E-state index in [0.717, 1.165) is 29.8 Å². The van der Waals surface area contributed by atoms with E-state index in [2.05, 4.69) is 16.5 Å². The van der Waals surface area contributed by atoms with Gasteiger partial charge in [0.25, 0.3) is 0 Å². The molecule has 19 heavy (non-hydrogen) atoms. The van der Waals surface area contributed by atoms with Crippen molar-refractivity contribution in [1.82, 2.24) is 9.55 Å². The van der Waals surface area contributed by atoms with Crippen molar-refractivity contribution >= 4 is 11.0 Å². The number of hydrogen-bond acceptors (Lipinski definition) is 3. The Bertz CT molecular complexity index is 596. The van der Waals surface area contributed by atoms with Crippen LogP contribution in [0.1, 0.15) is 25.1 Å². The molecule has 0 amide bonds. The normalized spacial score (nSPS) is 23.3. The second kappa shape index (κ2) is 4.90. The lowest BCUT2D eigenvalue weighted by Gasteiger charge is -2.15. The summed E-state index contributed by atoms with van der Waals surface area (Å²) in [5.74, 6) is 0.790. The summed E-state index contributed by atoms with van der Waals surface area (Å²) in [6.45, 7) is 4.07. The molecule has 102 valence electrons. The predicted octanol–water partition coefficient (Wildman–Crippen LogP) is 2.03. The number of aromatic nitrogens is 2. The van der Waals surface area contributed by atoms with Gasteiger partial charge in [0.1, 0.15) is 11.6 Å². The van der Waals surface area contributed by atoms with Crippen LogP contribution in [0.15, 0.2) is 18.2 Å². The first-order chi connectivity index (χ1) is 9.20. The third-order valence-corrected chi connectivity index (χ3v) is 3.64. The Labute approximate surface area is 111 Å². The first-order valence-corrected chi connectivity index (χ1v) is 6.69. The van der Waals surface area contributed by atoms with Gasteiger partial charge in [-0.25, -0.2) is 9.37 Å². The number of nitrogens with zero attached hydrogens (tertiary/aromatic N) is 2. The molecule has 1 saturated heterocycles. The molecule has 2 N–H and O–H groups in total. The van der Waals surface area contributed by atoms with E-state index in [0.29, 0.717) is 13.2 Å². The van der Waals surface area contributed by atoms with E-state index in [9.17, 15) is 4.39 Å². The zero-order chi connectivity index (χ0) is 13.4. The molecular formula is C14H18FN3O. The van der Waals surface area contributed by atoms with Crippen molar-refractivity contribution in [3.05, 3.63) is 29.8 Å². The number of aryl methyl sites for hydroxylation is 1. The summed E-state index contributed by atoms with van der Waals surface area (Å²) in [4.78, 5) is 4.64. The van der Waals surface area contributed by atoms with Crippen molar-refractivity contribution < 1.29 is 9.13 Å². The highest BCUT2D eigenvalue weighted by Gasteiger charge is 2.31. The van der Waals surface area contributed by atoms with Crippen LogP contribution in [0.5, 0.6) is 0 Å². The number of ether oxygens (including phenoxy) is 1. The van der Waals surface area contributed by atoms with Crippen LogP contribution in [-0.4, -0.2) is 28.8 Å². The summed E-state index contributed by atoms with van der Waals surface area (Å²) in [6, 6.07) is 4.68. The van der Waals surface area contributed by atoms with E-state index in [4.69, 9.17) is 10.5 Å². The third-order valence-electron chi connectivity index (χ3n) is 3.64. The van der Waals surface area contributed by atoms with Gasteiger partial charge in [0.05, 0.1) is 30.2 Å². The summed E-state index contributed by atoms with van der Waals surface area (Å²) in [5, 5.41) is 0. The second-order valence-corrected chi connectivity index (χ2v) is 5.06. The lowest BCUT2D eigenvalue weighted by molar-refractivity contribution is 0.190. The Morgan fingerprint density at radius 3 is 3.00 bits per heavy atom. The van der Waals surface area contributed by atoms with Crippen molar-refractivity contribution in [2.24, 2.45) is 5.73 Å². The molecule has 1 aromatic carbocycles. The Morgan fingerprint density at radius 1 is 1.47 bits per heavy atom. The highest BCUT2D eigenvalue weighted by atomic mass is 19.1. The first kappa shape index (κ1) is 12.6. The van der Waals surface area contributed by atoms with Crippen LogP contribution in [0.2, 0.25) is 0 Å². The average Bonchev–Trinajstić information content (AvgIpc) is 2.94. The van der Waals surface area contributed by atoms with Crippen LogP contribution in [0.3, 0.4) is 0 Å². The highest BCUT2D eigenvalue weighted by molar-refractivity contribution is 5.76. The summed E-state index contributed by atoms with van der Waals surface area (Å²) in [7, 11) is 0.